The summed E-state index contributed by atoms with van der Waals surface area (Å²) in [4.78, 5) is 72.9. The van der Waals surface area contributed by atoms with Gasteiger partial charge in [0.15, 0.2) is 12.2 Å². The molecule has 0 heterocycles. The van der Waals surface area contributed by atoms with Crippen LogP contribution in [0.5, 0.6) is 0 Å². The Hall–Kier alpha value is -1.94. The van der Waals surface area contributed by atoms with Crippen LogP contribution in [0.4, 0.5) is 0 Å². The number of hydrogen-bond acceptors (Lipinski definition) is 15. The standard InChI is InChI=1S/C81H158O17P2/c1-6-9-12-15-18-20-22-24-26-27-28-29-30-31-33-39-43-47-52-57-62-67-81(86)98-77(71-92-79(84)65-60-55-50-45-41-37-35-34-36-40-44-49-53-58-63-74(4)5)73-96-100(89,90)94-69-75(82)68-93-99(87,88)95-72-76(70-91-78(83)64-59-54-48-17-14-11-8-3)97-80(85)66-61-56-51-46-42-38-32-25-23-21-19-16-13-10-7-2/h74-77,82H,6-73H2,1-5H3,(H,87,88)(H,89,90)/t75-,76+,77+/m0/s1. The third kappa shape index (κ3) is 74.3. The van der Waals surface area contributed by atoms with Gasteiger partial charge in [0, 0.05) is 25.7 Å². The molecule has 100 heavy (non-hydrogen) atoms. The van der Waals surface area contributed by atoms with Gasteiger partial charge in [-0.15, -0.1) is 0 Å². The second-order valence-electron chi connectivity index (χ2n) is 29.6. The van der Waals surface area contributed by atoms with Crippen molar-refractivity contribution in [1.82, 2.24) is 0 Å². The molecule has 3 N–H and O–H groups in total. The molecule has 0 saturated heterocycles. The van der Waals surface area contributed by atoms with E-state index in [-0.39, 0.29) is 25.7 Å². The zero-order valence-electron chi connectivity index (χ0n) is 65.3. The number of ether oxygens (including phenoxy) is 4. The topological polar surface area (TPSA) is 237 Å². The van der Waals surface area contributed by atoms with Gasteiger partial charge < -0.3 is 33.8 Å². The van der Waals surface area contributed by atoms with Gasteiger partial charge in [-0.2, -0.15) is 0 Å². The predicted molar refractivity (Wildman–Crippen MR) is 409 cm³/mol. The molecule has 5 atom stereocenters. The van der Waals surface area contributed by atoms with Gasteiger partial charge in [-0.1, -0.05) is 381 Å². The zero-order valence-corrected chi connectivity index (χ0v) is 67.1. The number of aliphatic hydroxyl groups is 1. The summed E-state index contributed by atoms with van der Waals surface area (Å²) < 4.78 is 68.6. The number of phosphoric acid groups is 2. The van der Waals surface area contributed by atoms with Crippen LogP contribution < -0.4 is 0 Å². The summed E-state index contributed by atoms with van der Waals surface area (Å²) in [5.74, 6) is -1.31. The molecule has 2 unspecified atom stereocenters. The molecule has 19 heteroatoms. The van der Waals surface area contributed by atoms with E-state index in [4.69, 9.17) is 37.0 Å². The largest absolute Gasteiger partial charge is 0.472 e. The highest BCUT2D eigenvalue weighted by Crippen LogP contribution is 2.45. The van der Waals surface area contributed by atoms with E-state index < -0.39 is 97.5 Å². The van der Waals surface area contributed by atoms with Crippen LogP contribution in [0, 0.1) is 5.92 Å². The van der Waals surface area contributed by atoms with Crippen molar-refractivity contribution in [1.29, 1.82) is 0 Å². The first-order chi connectivity index (χ1) is 48.5. The summed E-state index contributed by atoms with van der Waals surface area (Å²) in [5.41, 5.74) is 0. The third-order valence-corrected chi connectivity index (χ3v) is 20.9. The van der Waals surface area contributed by atoms with E-state index in [1.807, 2.05) is 0 Å². The first-order valence-corrected chi connectivity index (χ1v) is 45.1. The molecule has 0 aliphatic rings. The van der Waals surface area contributed by atoms with Gasteiger partial charge in [-0.05, 0) is 31.6 Å². The molecule has 0 amide bonds. The van der Waals surface area contributed by atoms with Gasteiger partial charge in [-0.25, -0.2) is 9.13 Å². The Morgan fingerprint density at radius 1 is 0.270 bits per heavy atom. The normalized spacial score (nSPS) is 13.8. The molecule has 0 aromatic carbocycles. The van der Waals surface area contributed by atoms with Crippen molar-refractivity contribution in [3.05, 3.63) is 0 Å². The molecular weight excluding hydrogens is 1310 g/mol. The van der Waals surface area contributed by atoms with Gasteiger partial charge in [0.05, 0.1) is 26.4 Å². The lowest BCUT2D eigenvalue weighted by Gasteiger charge is -2.21. The molecule has 0 radical (unpaired) electrons. The predicted octanol–water partition coefficient (Wildman–Crippen LogP) is 24.4. The molecule has 0 spiro atoms. The maximum atomic E-state index is 13.1. The number of aliphatic hydroxyl groups excluding tert-OH is 1. The molecule has 594 valence electrons. The van der Waals surface area contributed by atoms with Gasteiger partial charge in [0.2, 0.25) is 0 Å². The average molecular weight is 1470 g/mol. The molecule has 0 bridgehead atoms. The minimum Gasteiger partial charge on any atom is -0.462 e. The van der Waals surface area contributed by atoms with E-state index in [1.165, 1.54) is 244 Å². The van der Waals surface area contributed by atoms with E-state index >= 15 is 0 Å². The van der Waals surface area contributed by atoms with E-state index in [0.29, 0.717) is 25.7 Å². The summed E-state index contributed by atoms with van der Waals surface area (Å²) in [7, 11) is -9.91. The summed E-state index contributed by atoms with van der Waals surface area (Å²) in [5, 5.41) is 10.6. The number of hydrogen-bond donors (Lipinski definition) is 3. The summed E-state index contributed by atoms with van der Waals surface area (Å²) in [6.45, 7) is 7.31. The Morgan fingerprint density at radius 3 is 0.680 bits per heavy atom. The number of rotatable bonds is 81. The van der Waals surface area contributed by atoms with Gasteiger partial charge >= 0.3 is 39.5 Å². The fourth-order valence-electron chi connectivity index (χ4n) is 12.6. The van der Waals surface area contributed by atoms with Crippen LogP contribution in [0.3, 0.4) is 0 Å². The Bertz CT molecular complexity index is 1910. The van der Waals surface area contributed by atoms with Gasteiger partial charge in [0.25, 0.3) is 0 Å². The number of unbranched alkanes of at least 4 members (excludes halogenated alkanes) is 53. The second-order valence-corrected chi connectivity index (χ2v) is 32.5. The van der Waals surface area contributed by atoms with Crippen molar-refractivity contribution in [3.8, 4) is 0 Å². The molecule has 0 aromatic rings. The van der Waals surface area contributed by atoms with Crippen LogP contribution in [0.1, 0.15) is 433 Å². The Morgan fingerprint density at radius 2 is 0.460 bits per heavy atom. The Labute approximate surface area is 613 Å². The lowest BCUT2D eigenvalue weighted by Crippen LogP contribution is -2.30. The SMILES string of the molecule is CCCCCCCCCCCCCCCCCCCCCCCC(=O)O[C@H](COC(=O)CCCCCCCCCCCCCCCCC(C)C)COP(=O)(O)OC[C@@H](O)COP(=O)(O)OC[C@@H](COC(=O)CCCCCCCCC)OC(=O)CCCCCCCCCCCCCCCCC. The second kappa shape index (κ2) is 73.9. The molecule has 0 saturated carbocycles. The van der Waals surface area contributed by atoms with E-state index in [9.17, 15) is 43.2 Å². The van der Waals surface area contributed by atoms with Crippen LogP contribution in [0.15, 0.2) is 0 Å². The maximum Gasteiger partial charge on any atom is 0.472 e. The molecular formula is C81H158O17P2. The monoisotopic (exact) mass is 1470 g/mol. The number of carbonyl (C=O) groups is 4. The van der Waals surface area contributed by atoms with Crippen LogP contribution in [-0.4, -0.2) is 96.7 Å². The Balaban J connectivity index is 5.17. The van der Waals surface area contributed by atoms with Crippen molar-refractivity contribution in [2.24, 2.45) is 5.92 Å². The fraction of sp³-hybridized carbons (Fsp3) is 0.951. The highest BCUT2D eigenvalue weighted by molar-refractivity contribution is 7.47. The van der Waals surface area contributed by atoms with E-state index in [1.54, 1.807) is 0 Å². The smallest absolute Gasteiger partial charge is 0.462 e. The van der Waals surface area contributed by atoms with Crippen LogP contribution in [0.2, 0.25) is 0 Å². The highest BCUT2D eigenvalue weighted by Gasteiger charge is 2.30. The van der Waals surface area contributed by atoms with Crippen LogP contribution in [-0.2, 0) is 65.4 Å². The molecule has 0 aromatic heterocycles. The van der Waals surface area contributed by atoms with E-state index in [2.05, 4.69) is 34.6 Å². The molecule has 0 aliphatic heterocycles. The third-order valence-electron chi connectivity index (χ3n) is 19.0. The van der Waals surface area contributed by atoms with E-state index in [0.717, 1.165) is 109 Å². The maximum absolute atomic E-state index is 13.1. The lowest BCUT2D eigenvalue weighted by molar-refractivity contribution is -0.161. The first kappa shape index (κ1) is 98.1. The van der Waals surface area contributed by atoms with Crippen molar-refractivity contribution in [2.75, 3.05) is 39.6 Å². The van der Waals surface area contributed by atoms with Crippen molar-refractivity contribution in [2.45, 2.75) is 451 Å². The molecule has 0 rings (SSSR count). The fourth-order valence-corrected chi connectivity index (χ4v) is 14.2. The van der Waals surface area contributed by atoms with Gasteiger partial charge in [0.1, 0.15) is 19.3 Å². The molecule has 0 fully saturated rings. The van der Waals surface area contributed by atoms with Crippen molar-refractivity contribution in [3.63, 3.8) is 0 Å². The minimum absolute atomic E-state index is 0.108. The zero-order chi connectivity index (χ0) is 73.4. The quantitative estimate of drug-likeness (QED) is 0.0222. The lowest BCUT2D eigenvalue weighted by atomic mass is 10.0. The van der Waals surface area contributed by atoms with Crippen LogP contribution >= 0.6 is 15.6 Å². The summed E-state index contributed by atoms with van der Waals surface area (Å²) >= 11 is 0. The van der Waals surface area contributed by atoms with Crippen LogP contribution in [0.25, 0.3) is 0 Å². The minimum atomic E-state index is -4.96. The molecule has 0 aliphatic carbocycles. The van der Waals surface area contributed by atoms with Crippen molar-refractivity contribution < 1.29 is 80.2 Å². The first-order valence-electron chi connectivity index (χ1n) is 42.1. The van der Waals surface area contributed by atoms with Gasteiger partial charge in [-0.3, -0.25) is 37.3 Å². The average Bonchev–Trinajstić information content (AvgIpc) is 0.927. The number of carbonyl (C=O) groups excluding carboxylic acids is 4. The number of phosphoric ester groups is 2. The summed E-state index contributed by atoms with van der Waals surface area (Å²) in [6.07, 6.45) is 65.4. The Kier molecular flexibility index (Phi) is 72.5. The van der Waals surface area contributed by atoms with Crippen molar-refractivity contribution >= 4 is 39.5 Å². The summed E-state index contributed by atoms with van der Waals surface area (Å²) in [6, 6.07) is 0. The number of esters is 4. The molecule has 17 nitrogen and oxygen atoms in total. The highest BCUT2D eigenvalue weighted by atomic mass is 31.2.